The van der Waals surface area contributed by atoms with E-state index in [0.717, 1.165) is 29.7 Å². The van der Waals surface area contributed by atoms with Gasteiger partial charge in [0.1, 0.15) is 6.26 Å². The molecule has 2 heterocycles. The monoisotopic (exact) mass is 551 g/mol. The molecule has 38 heavy (non-hydrogen) atoms. The van der Waals surface area contributed by atoms with Gasteiger partial charge in [0.15, 0.2) is 6.10 Å². The van der Waals surface area contributed by atoms with Crippen LogP contribution in [-0.4, -0.2) is 31.3 Å². The number of aromatic nitrogens is 3. The van der Waals surface area contributed by atoms with Crippen LogP contribution in [0, 0.1) is 0 Å². The molecule has 2 fully saturated rings. The van der Waals surface area contributed by atoms with Crippen molar-refractivity contribution in [3.8, 4) is 5.88 Å². The van der Waals surface area contributed by atoms with Crippen LogP contribution in [0.3, 0.4) is 0 Å². The molecule has 2 saturated carbocycles. The van der Waals surface area contributed by atoms with Crippen molar-refractivity contribution >= 4 is 29.2 Å². The van der Waals surface area contributed by atoms with Crippen molar-refractivity contribution in [1.29, 1.82) is 0 Å². The smallest absolute Gasteiger partial charge is 0.335 e. The molecular formula is C28H23Cl2N3O5. The van der Waals surface area contributed by atoms with Gasteiger partial charge in [0.05, 0.1) is 41.0 Å². The normalized spacial score (nSPS) is 21.5. The Morgan fingerprint density at radius 3 is 2.53 bits per heavy atom. The van der Waals surface area contributed by atoms with Crippen molar-refractivity contribution in [2.75, 3.05) is 0 Å². The molecule has 6 rings (SSSR count). The van der Waals surface area contributed by atoms with E-state index in [1.807, 2.05) is 6.07 Å². The number of carboxylic acids is 1. The number of carbonyl (C=O) groups is 1. The first-order valence-corrected chi connectivity index (χ1v) is 13.0. The largest absolute Gasteiger partial charge is 0.478 e. The number of aliphatic hydroxyl groups is 1. The molecule has 0 amide bonds. The van der Waals surface area contributed by atoms with Gasteiger partial charge in [-0.05, 0) is 67.0 Å². The quantitative estimate of drug-likeness (QED) is 0.262. The van der Waals surface area contributed by atoms with Crippen molar-refractivity contribution in [2.45, 2.75) is 49.2 Å². The fourth-order valence-corrected chi connectivity index (χ4v) is 5.64. The van der Waals surface area contributed by atoms with Crippen LogP contribution in [0.1, 0.15) is 81.9 Å². The van der Waals surface area contributed by atoms with Gasteiger partial charge in [0.2, 0.25) is 5.88 Å². The second-order valence-corrected chi connectivity index (χ2v) is 10.7. The summed E-state index contributed by atoms with van der Waals surface area (Å²) in [5.41, 5.74) is 2.81. The number of ether oxygens (including phenoxy) is 1. The maximum absolute atomic E-state index is 11.3. The zero-order valence-corrected chi connectivity index (χ0v) is 21.6. The number of hydrogen-bond donors (Lipinski definition) is 2. The third-order valence-electron chi connectivity index (χ3n) is 7.29. The molecule has 2 N–H and O–H groups in total. The van der Waals surface area contributed by atoms with Crippen LogP contribution in [0.2, 0.25) is 10.0 Å². The highest BCUT2D eigenvalue weighted by Crippen LogP contribution is 2.50. The van der Waals surface area contributed by atoms with Crippen molar-refractivity contribution < 1.29 is 24.3 Å². The zero-order valence-electron chi connectivity index (χ0n) is 20.1. The van der Waals surface area contributed by atoms with Gasteiger partial charge in [-0.15, -0.1) is 0 Å². The fourth-order valence-electron chi connectivity index (χ4n) is 5.01. The average Bonchev–Trinajstić information content (AvgIpc) is 3.59. The lowest BCUT2D eigenvalue weighted by atomic mass is 9.66. The Bertz CT molecular complexity index is 1480. The van der Waals surface area contributed by atoms with Crippen molar-refractivity contribution in [2.24, 2.45) is 0 Å². The van der Waals surface area contributed by atoms with Gasteiger partial charge in [-0.1, -0.05) is 40.5 Å². The summed E-state index contributed by atoms with van der Waals surface area (Å²) in [6.07, 6.45) is 8.64. The van der Waals surface area contributed by atoms with Gasteiger partial charge in [-0.25, -0.2) is 9.78 Å². The minimum absolute atomic E-state index is 0.0179. The molecule has 0 spiro atoms. The van der Waals surface area contributed by atoms with Gasteiger partial charge in [0, 0.05) is 21.5 Å². The summed E-state index contributed by atoms with van der Waals surface area (Å²) in [6.45, 7) is 0. The van der Waals surface area contributed by atoms with Gasteiger partial charge < -0.3 is 19.5 Å². The summed E-state index contributed by atoms with van der Waals surface area (Å²) in [6, 6.07) is 10.1. The molecule has 2 aliphatic carbocycles. The predicted molar refractivity (Wildman–Crippen MR) is 139 cm³/mol. The van der Waals surface area contributed by atoms with E-state index in [4.69, 9.17) is 32.5 Å². The summed E-state index contributed by atoms with van der Waals surface area (Å²) in [7, 11) is 0. The van der Waals surface area contributed by atoms with Crippen LogP contribution >= 0.6 is 23.2 Å². The number of nitrogens with zero attached hydrogens (tertiary/aromatic N) is 3. The maximum Gasteiger partial charge on any atom is 0.335 e. The first-order chi connectivity index (χ1) is 18.3. The molecule has 2 aromatic heterocycles. The molecule has 1 unspecified atom stereocenters. The van der Waals surface area contributed by atoms with Gasteiger partial charge >= 0.3 is 5.97 Å². The lowest BCUT2D eigenvalue weighted by Crippen LogP contribution is -2.40. The first-order valence-electron chi connectivity index (χ1n) is 12.2. The van der Waals surface area contributed by atoms with Crippen molar-refractivity contribution in [1.82, 2.24) is 15.1 Å². The van der Waals surface area contributed by atoms with Gasteiger partial charge in [-0.3, -0.25) is 4.98 Å². The Hall–Kier alpha value is -3.46. The van der Waals surface area contributed by atoms with Crippen LogP contribution in [0.15, 0.2) is 65.8 Å². The molecule has 194 valence electrons. The third kappa shape index (κ3) is 4.75. The Labute approximate surface area is 228 Å². The molecular weight excluding hydrogens is 529 g/mol. The van der Waals surface area contributed by atoms with E-state index in [1.165, 1.54) is 18.4 Å². The van der Waals surface area contributed by atoms with E-state index in [-0.39, 0.29) is 11.5 Å². The Kier molecular flexibility index (Phi) is 6.34. The van der Waals surface area contributed by atoms with E-state index in [9.17, 15) is 15.0 Å². The predicted octanol–water partition coefficient (Wildman–Crippen LogP) is 6.28. The molecule has 4 aromatic rings. The molecule has 2 aliphatic rings. The molecule has 10 heteroatoms. The Morgan fingerprint density at radius 1 is 1.05 bits per heavy atom. The average molecular weight is 552 g/mol. The molecule has 0 saturated heterocycles. The zero-order chi connectivity index (χ0) is 26.4. The summed E-state index contributed by atoms with van der Waals surface area (Å²) in [5.74, 6) is -0.326. The number of benzene rings is 2. The van der Waals surface area contributed by atoms with E-state index in [0.29, 0.717) is 45.8 Å². The second kappa shape index (κ2) is 9.69. The summed E-state index contributed by atoms with van der Waals surface area (Å²) in [5, 5.41) is 25.2. The minimum Gasteiger partial charge on any atom is -0.478 e. The second-order valence-electron chi connectivity index (χ2n) is 9.93. The van der Waals surface area contributed by atoms with Gasteiger partial charge in [0.25, 0.3) is 0 Å². The lowest BCUT2D eigenvalue weighted by Gasteiger charge is -2.43. The first kappa shape index (κ1) is 24.9. The lowest BCUT2D eigenvalue weighted by molar-refractivity contribution is -0.0560. The van der Waals surface area contributed by atoms with Crippen molar-refractivity contribution in [3.63, 3.8) is 0 Å². The van der Waals surface area contributed by atoms with Crippen LogP contribution in [0.5, 0.6) is 5.88 Å². The van der Waals surface area contributed by atoms with Gasteiger partial charge in [-0.2, -0.15) is 0 Å². The summed E-state index contributed by atoms with van der Waals surface area (Å²) >= 11 is 13.0. The number of aromatic carboxylic acids is 1. The number of rotatable bonds is 8. The number of hydrogen-bond acceptors (Lipinski definition) is 7. The molecule has 2 aromatic carbocycles. The van der Waals surface area contributed by atoms with E-state index in [2.05, 4.69) is 15.1 Å². The van der Waals surface area contributed by atoms with E-state index in [1.54, 1.807) is 36.8 Å². The Morgan fingerprint density at radius 2 is 1.87 bits per heavy atom. The highest BCUT2D eigenvalue weighted by atomic mass is 35.5. The number of carboxylic acid groups (broad SMARTS) is 1. The summed E-state index contributed by atoms with van der Waals surface area (Å²) < 4.78 is 11.3. The van der Waals surface area contributed by atoms with E-state index >= 15 is 0 Å². The molecule has 0 bridgehead atoms. The highest BCUT2D eigenvalue weighted by molar-refractivity contribution is 6.35. The van der Waals surface area contributed by atoms with Crippen LogP contribution in [0.25, 0.3) is 0 Å². The molecule has 1 atom stereocenters. The molecule has 8 nitrogen and oxygen atoms in total. The SMILES string of the molecule is O=C(O)c1cccc(C2(O)CC(c3cnc(OC(c4cnoc4)c4cc(C5CC5)c(Cl)cc4Cl)cn3)C2)c1. The topological polar surface area (TPSA) is 119 Å². The molecule has 0 radical (unpaired) electrons. The van der Waals surface area contributed by atoms with Crippen LogP contribution < -0.4 is 4.74 Å². The fraction of sp³-hybridized carbons (Fsp3) is 0.286. The van der Waals surface area contributed by atoms with Crippen LogP contribution in [0.4, 0.5) is 0 Å². The van der Waals surface area contributed by atoms with Crippen LogP contribution in [-0.2, 0) is 5.60 Å². The third-order valence-corrected chi connectivity index (χ3v) is 7.94. The summed E-state index contributed by atoms with van der Waals surface area (Å²) in [4.78, 5) is 20.3. The van der Waals surface area contributed by atoms with E-state index < -0.39 is 17.7 Å². The standard InChI is InChI=1S/C28H23Cl2N3O5/c29-22-8-23(30)21(7-20(22)15-4-5-15)26(18-11-33-37-14-18)38-25-13-31-24(12-32-25)17-9-28(36,10-17)19-3-1-2-16(6-19)27(34)35/h1-3,6-8,11-15,17,26,36H,4-5,9-10H2,(H,34,35). The van der Waals surface area contributed by atoms with Crippen molar-refractivity contribution in [3.05, 3.63) is 105 Å². The minimum atomic E-state index is -1.10. The molecule has 0 aliphatic heterocycles. The Balaban J connectivity index is 1.20. The maximum atomic E-state index is 11.3. The highest BCUT2D eigenvalue weighted by Gasteiger charge is 2.45. The number of halogens is 2.